The Bertz CT molecular complexity index is 815. The highest BCUT2D eigenvalue weighted by Gasteiger charge is 1.98. The van der Waals surface area contributed by atoms with Crippen LogP contribution in [0.3, 0.4) is 0 Å². The maximum absolute atomic E-state index is 5.91. The van der Waals surface area contributed by atoms with Crippen LogP contribution in [0.2, 0.25) is 0 Å². The molecule has 0 heterocycles. The molecule has 0 bridgehead atoms. The topological polar surface area (TPSA) is 59.6 Å². The lowest BCUT2D eigenvalue weighted by Crippen LogP contribution is -2.23. The summed E-state index contributed by atoms with van der Waals surface area (Å²) in [6.07, 6.45) is 0.829. The van der Waals surface area contributed by atoms with Crippen molar-refractivity contribution in [2.24, 2.45) is 10.7 Å². The number of nitrogens with zero attached hydrogens (tertiary/aromatic N) is 1. The zero-order chi connectivity index (χ0) is 18.0. The van der Waals surface area contributed by atoms with Crippen molar-refractivity contribution >= 4 is 11.6 Å². The number of ether oxygens (including phenoxy) is 1. The zero-order valence-electron chi connectivity index (χ0n) is 14.6. The molecule has 0 aliphatic rings. The van der Waals surface area contributed by atoms with Gasteiger partial charge in [-0.2, -0.15) is 0 Å². The average Bonchev–Trinajstić information content (AvgIpc) is 2.69. The van der Waals surface area contributed by atoms with Crippen molar-refractivity contribution in [1.82, 2.24) is 0 Å². The Morgan fingerprint density at radius 2 is 1.46 bits per heavy atom. The Kier molecular flexibility index (Phi) is 6.26. The van der Waals surface area contributed by atoms with Crippen molar-refractivity contribution < 1.29 is 4.74 Å². The number of benzene rings is 3. The molecule has 0 aliphatic carbocycles. The van der Waals surface area contributed by atoms with Crippen LogP contribution in [-0.4, -0.2) is 12.5 Å². The molecule has 0 spiro atoms. The fourth-order valence-electron chi connectivity index (χ4n) is 2.51. The molecule has 0 fully saturated rings. The van der Waals surface area contributed by atoms with Crippen LogP contribution in [0, 0.1) is 0 Å². The number of nitrogens with one attached hydrogen (secondary N) is 1. The summed E-state index contributed by atoms with van der Waals surface area (Å²) in [5, 5.41) is 3.08. The first kappa shape index (κ1) is 17.5. The smallest absolute Gasteiger partial charge is 0.193 e. The Morgan fingerprint density at radius 3 is 2.15 bits per heavy atom. The van der Waals surface area contributed by atoms with Crippen molar-refractivity contribution in [3.8, 4) is 5.75 Å². The Balaban J connectivity index is 1.44. The van der Waals surface area contributed by atoms with E-state index in [4.69, 9.17) is 10.5 Å². The van der Waals surface area contributed by atoms with Gasteiger partial charge in [-0.15, -0.1) is 0 Å². The normalized spacial score (nSPS) is 11.2. The second-order valence-electron chi connectivity index (χ2n) is 5.93. The van der Waals surface area contributed by atoms with Gasteiger partial charge in [-0.3, -0.25) is 4.99 Å². The SMILES string of the molecule is NC(=NCCc1ccc(OCc2ccccc2)cc1)Nc1ccccc1. The summed E-state index contributed by atoms with van der Waals surface area (Å²) in [6, 6.07) is 28.0. The molecule has 4 nitrogen and oxygen atoms in total. The van der Waals surface area contributed by atoms with Crippen LogP contribution in [0.15, 0.2) is 89.9 Å². The number of hydrogen-bond acceptors (Lipinski definition) is 2. The van der Waals surface area contributed by atoms with Crippen LogP contribution in [0.5, 0.6) is 5.75 Å². The third-order valence-electron chi connectivity index (χ3n) is 3.90. The van der Waals surface area contributed by atoms with Crippen LogP contribution in [-0.2, 0) is 13.0 Å². The molecular weight excluding hydrogens is 322 g/mol. The van der Waals surface area contributed by atoms with Crippen molar-refractivity contribution in [3.63, 3.8) is 0 Å². The van der Waals surface area contributed by atoms with E-state index in [9.17, 15) is 0 Å². The second kappa shape index (κ2) is 9.28. The number of guanidine groups is 1. The molecule has 0 saturated carbocycles. The predicted octanol–water partition coefficient (Wildman–Crippen LogP) is 4.23. The van der Waals surface area contributed by atoms with Gasteiger partial charge < -0.3 is 15.8 Å². The highest BCUT2D eigenvalue weighted by atomic mass is 16.5. The first-order chi connectivity index (χ1) is 12.8. The van der Waals surface area contributed by atoms with Gasteiger partial charge in [-0.1, -0.05) is 60.7 Å². The van der Waals surface area contributed by atoms with Gasteiger partial charge in [0.2, 0.25) is 0 Å². The number of anilines is 1. The van der Waals surface area contributed by atoms with Gasteiger partial charge in [0.05, 0.1) is 0 Å². The largest absolute Gasteiger partial charge is 0.489 e. The maximum atomic E-state index is 5.91. The molecular formula is C22H23N3O. The van der Waals surface area contributed by atoms with Crippen molar-refractivity contribution in [3.05, 3.63) is 96.1 Å². The monoisotopic (exact) mass is 345 g/mol. The highest BCUT2D eigenvalue weighted by Crippen LogP contribution is 2.14. The first-order valence-corrected chi connectivity index (χ1v) is 8.67. The minimum absolute atomic E-state index is 0.430. The van der Waals surface area contributed by atoms with Crippen LogP contribution >= 0.6 is 0 Å². The molecule has 4 heteroatoms. The summed E-state index contributed by atoms with van der Waals surface area (Å²) in [4.78, 5) is 4.37. The summed E-state index contributed by atoms with van der Waals surface area (Å²) in [5.74, 6) is 1.30. The molecule has 0 unspecified atom stereocenters. The van der Waals surface area contributed by atoms with Gasteiger partial charge in [-0.25, -0.2) is 0 Å². The van der Waals surface area contributed by atoms with E-state index in [1.54, 1.807) is 0 Å². The summed E-state index contributed by atoms with van der Waals surface area (Å²) in [7, 11) is 0. The molecule has 3 aromatic rings. The van der Waals surface area contributed by atoms with E-state index in [1.807, 2.05) is 60.7 Å². The van der Waals surface area contributed by atoms with E-state index in [-0.39, 0.29) is 0 Å². The van der Waals surface area contributed by atoms with Crippen LogP contribution in [0.4, 0.5) is 5.69 Å². The maximum Gasteiger partial charge on any atom is 0.193 e. The van der Waals surface area contributed by atoms with Gasteiger partial charge in [-0.05, 0) is 41.8 Å². The Labute approximate surface area is 154 Å². The Morgan fingerprint density at radius 1 is 0.808 bits per heavy atom. The van der Waals surface area contributed by atoms with Crippen LogP contribution < -0.4 is 15.8 Å². The number of aliphatic imine (C=N–C) groups is 1. The third-order valence-corrected chi connectivity index (χ3v) is 3.90. The molecule has 0 atom stereocenters. The highest BCUT2D eigenvalue weighted by molar-refractivity contribution is 5.92. The number of rotatable bonds is 7. The zero-order valence-corrected chi connectivity index (χ0v) is 14.6. The average molecular weight is 345 g/mol. The van der Waals surface area contributed by atoms with Crippen molar-refractivity contribution in [2.75, 3.05) is 11.9 Å². The number of hydrogen-bond donors (Lipinski definition) is 2. The molecule has 0 amide bonds. The lowest BCUT2D eigenvalue weighted by molar-refractivity contribution is 0.306. The molecule has 0 radical (unpaired) electrons. The predicted molar refractivity (Wildman–Crippen MR) is 107 cm³/mol. The fourth-order valence-corrected chi connectivity index (χ4v) is 2.51. The standard InChI is InChI=1S/C22H23N3O/c23-22(25-20-9-5-2-6-10-20)24-16-15-18-11-13-21(14-12-18)26-17-19-7-3-1-4-8-19/h1-14H,15-17H2,(H3,23,24,25). The van der Waals surface area contributed by atoms with Gasteiger partial charge in [0.15, 0.2) is 5.96 Å². The van der Waals surface area contributed by atoms with Crippen LogP contribution in [0.1, 0.15) is 11.1 Å². The lowest BCUT2D eigenvalue weighted by atomic mass is 10.1. The van der Waals surface area contributed by atoms with E-state index >= 15 is 0 Å². The molecule has 3 rings (SSSR count). The van der Waals surface area contributed by atoms with Gasteiger partial charge >= 0.3 is 0 Å². The molecule has 132 valence electrons. The molecule has 0 aliphatic heterocycles. The van der Waals surface area contributed by atoms with E-state index in [0.717, 1.165) is 23.4 Å². The molecule has 0 aromatic heterocycles. The molecule has 3 aromatic carbocycles. The second-order valence-corrected chi connectivity index (χ2v) is 5.93. The van der Waals surface area contributed by atoms with Gasteiger partial charge in [0.1, 0.15) is 12.4 Å². The number of para-hydroxylation sites is 1. The minimum atomic E-state index is 0.430. The molecule has 3 N–H and O–H groups in total. The van der Waals surface area contributed by atoms with Crippen molar-refractivity contribution in [2.45, 2.75) is 13.0 Å². The van der Waals surface area contributed by atoms with Gasteiger partial charge in [0, 0.05) is 12.2 Å². The van der Waals surface area contributed by atoms with E-state index in [2.05, 4.69) is 34.6 Å². The quantitative estimate of drug-likeness (QED) is 0.497. The first-order valence-electron chi connectivity index (χ1n) is 8.67. The van der Waals surface area contributed by atoms with Crippen LogP contribution in [0.25, 0.3) is 0 Å². The van der Waals surface area contributed by atoms with E-state index in [0.29, 0.717) is 19.1 Å². The van der Waals surface area contributed by atoms with E-state index < -0.39 is 0 Å². The summed E-state index contributed by atoms with van der Waals surface area (Å²) in [5.41, 5.74) is 9.21. The summed E-state index contributed by atoms with van der Waals surface area (Å²) in [6.45, 7) is 1.21. The number of nitrogens with two attached hydrogens (primary N) is 1. The summed E-state index contributed by atoms with van der Waals surface area (Å²) < 4.78 is 5.80. The minimum Gasteiger partial charge on any atom is -0.489 e. The van der Waals surface area contributed by atoms with Gasteiger partial charge in [0.25, 0.3) is 0 Å². The third kappa shape index (κ3) is 5.67. The fraction of sp³-hybridized carbons (Fsp3) is 0.136. The Hall–Kier alpha value is -3.27. The molecule has 26 heavy (non-hydrogen) atoms. The van der Waals surface area contributed by atoms with E-state index in [1.165, 1.54) is 5.56 Å². The summed E-state index contributed by atoms with van der Waals surface area (Å²) >= 11 is 0. The molecule has 0 saturated heterocycles. The lowest BCUT2D eigenvalue weighted by Gasteiger charge is -2.07. The van der Waals surface area contributed by atoms with Crippen molar-refractivity contribution in [1.29, 1.82) is 0 Å².